The van der Waals surface area contributed by atoms with Gasteiger partial charge in [-0.3, -0.25) is 9.59 Å². The lowest BCUT2D eigenvalue weighted by Gasteiger charge is -2.32. The Kier molecular flexibility index (Phi) is 6.58. The fourth-order valence-electron chi connectivity index (χ4n) is 4.26. The summed E-state index contributed by atoms with van der Waals surface area (Å²) in [5, 5.41) is 16.3. The van der Waals surface area contributed by atoms with E-state index in [2.05, 4.69) is 16.7 Å². The van der Waals surface area contributed by atoms with Crippen molar-refractivity contribution in [3.63, 3.8) is 0 Å². The minimum atomic E-state index is -0.487. The molecule has 0 unspecified atom stereocenters. The molecule has 1 saturated carbocycles. The van der Waals surface area contributed by atoms with Crippen LogP contribution in [0.2, 0.25) is 0 Å². The second kappa shape index (κ2) is 9.13. The van der Waals surface area contributed by atoms with Gasteiger partial charge in [-0.05, 0) is 37.3 Å². The molecule has 2 N–H and O–H groups in total. The van der Waals surface area contributed by atoms with Crippen molar-refractivity contribution in [2.45, 2.75) is 58.0 Å². The molecule has 1 fully saturated rings. The van der Waals surface area contributed by atoms with Gasteiger partial charge in [0.15, 0.2) is 0 Å². The van der Waals surface area contributed by atoms with Crippen molar-refractivity contribution < 1.29 is 9.59 Å². The summed E-state index contributed by atoms with van der Waals surface area (Å²) in [4.78, 5) is 25.8. The van der Waals surface area contributed by atoms with E-state index in [0.29, 0.717) is 18.0 Å². The molecule has 0 aliphatic heterocycles. The molecule has 2 aromatic rings. The Labute approximate surface area is 172 Å². The second-order valence-corrected chi connectivity index (χ2v) is 8.44. The van der Waals surface area contributed by atoms with Crippen molar-refractivity contribution in [2.75, 3.05) is 0 Å². The van der Waals surface area contributed by atoms with Gasteiger partial charge in [0.05, 0.1) is 12.0 Å². The molecule has 1 aliphatic carbocycles. The van der Waals surface area contributed by atoms with E-state index in [4.69, 9.17) is 0 Å². The number of rotatable bonds is 6. The lowest BCUT2D eigenvalue weighted by atomic mass is 9.83. The number of aromatic nitrogens is 1. The van der Waals surface area contributed by atoms with E-state index < -0.39 is 6.04 Å². The number of aryl methyl sites for hydroxylation is 1. The smallest absolute Gasteiger partial charge is 0.268 e. The van der Waals surface area contributed by atoms with Gasteiger partial charge in [0.25, 0.3) is 5.91 Å². The van der Waals surface area contributed by atoms with Gasteiger partial charge in [-0.2, -0.15) is 5.26 Å². The molecule has 0 spiro atoms. The number of hydrogen-bond donors (Lipinski definition) is 2. The van der Waals surface area contributed by atoms with Gasteiger partial charge in [-0.25, -0.2) is 0 Å². The molecule has 1 aromatic carbocycles. The van der Waals surface area contributed by atoms with Crippen LogP contribution in [0.4, 0.5) is 0 Å². The van der Waals surface area contributed by atoms with Gasteiger partial charge in [0, 0.05) is 24.0 Å². The number of carbonyl (C=O) groups is 2. The Hall–Kier alpha value is -2.81. The maximum atomic E-state index is 13.0. The molecular weight excluding hydrogens is 364 g/mol. The third-order valence-corrected chi connectivity index (χ3v) is 5.78. The molecule has 3 atom stereocenters. The molecule has 3 rings (SSSR count). The molecule has 0 saturated heterocycles. The zero-order valence-corrected chi connectivity index (χ0v) is 17.4. The van der Waals surface area contributed by atoms with Gasteiger partial charge < -0.3 is 15.2 Å². The lowest BCUT2D eigenvalue weighted by molar-refractivity contribution is -0.127. The topological polar surface area (TPSA) is 86.9 Å². The van der Waals surface area contributed by atoms with Crippen molar-refractivity contribution in [3.05, 3.63) is 36.0 Å². The molecule has 6 heteroatoms. The number of hydrogen-bond acceptors (Lipinski definition) is 3. The summed E-state index contributed by atoms with van der Waals surface area (Å²) in [6.07, 6.45) is 4.07. The largest absolute Gasteiger partial charge is 0.347 e. The predicted octanol–water partition coefficient (Wildman–Crippen LogP) is 3.52. The normalized spacial score (nSPS) is 20.2. The van der Waals surface area contributed by atoms with Gasteiger partial charge in [-0.1, -0.05) is 44.9 Å². The highest BCUT2D eigenvalue weighted by atomic mass is 16.2. The van der Waals surface area contributed by atoms with Crippen LogP contribution in [0.1, 0.15) is 56.4 Å². The fourth-order valence-corrected chi connectivity index (χ4v) is 4.26. The first-order valence-corrected chi connectivity index (χ1v) is 10.5. The molecule has 29 heavy (non-hydrogen) atoms. The van der Waals surface area contributed by atoms with Crippen LogP contribution >= 0.6 is 0 Å². The van der Waals surface area contributed by atoms with Gasteiger partial charge in [0.2, 0.25) is 5.91 Å². The highest BCUT2D eigenvalue weighted by molar-refractivity contribution is 5.99. The summed E-state index contributed by atoms with van der Waals surface area (Å²) >= 11 is 0. The summed E-state index contributed by atoms with van der Waals surface area (Å²) < 4.78 is 1.89. The Morgan fingerprint density at radius 1 is 1.24 bits per heavy atom. The first-order valence-electron chi connectivity index (χ1n) is 10.5. The van der Waals surface area contributed by atoms with E-state index in [1.165, 1.54) is 0 Å². The first-order chi connectivity index (χ1) is 13.9. The summed E-state index contributed by atoms with van der Waals surface area (Å²) in [6, 6.07) is 11.2. The average Bonchev–Trinajstić information content (AvgIpc) is 3.04. The Morgan fingerprint density at radius 3 is 2.66 bits per heavy atom. The second-order valence-electron chi connectivity index (χ2n) is 8.44. The predicted molar refractivity (Wildman–Crippen MR) is 113 cm³/mol. The van der Waals surface area contributed by atoms with Crippen LogP contribution in [0.3, 0.4) is 0 Å². The van der Waals surface area contributed by atoms with E-state index in [1.807, 2.05) is 55.8 Å². The number of nitriles is 1. The van der Waals surface area contributed by atoms with E-state index >= 15 is 0 Å². The van der Waals surface area contributed by atoms with Crippen LogP contribution in [0.5, 0.6) is 0 Å². The SMILES string of the molecule is CC(C)C[C@@H](C#N)NC(=O)[C@@H]1CCCC[C@@H]1NC(=O)c1cc2ccccc2n1C. The monoisotopic (exact) mass is 394 g/mol. The van der Waals surface area contributed by atoms with E-state index in [-0.39, 0.29) is 23.8 Å². The van der Waals surface area contributed by atoms with Crippen LogP contribution in [0, 0.1) is 23.2 Å². The zero-order valence-electron chi connectivity index (χ0n) is 17.4. The number of benzene rings is 1. The molecule has 0 radical (unpaired) electrons. The van der Waals surface area contributed by atoms with Gasteiger partial charge in [-0.15, -0.1) is 0 Å². The summed E-state index contributed by atoms with van der Waals surface area (Å²) in [5.74, 6) is -0.259. The summed E-state index contributed by atoms with van der Waals surface area (Å²) in [6.45, 7) is 4.06. The number of nitrogens with zero attached hydrogens (tertiary/aromatic N) is 2. The van der Waals surface area contributed by atoms with E-state index in [1.54, 1.807) is 0 Å². The van der Waals surface area contributed by atoms with Crippen LogP contribution in [-0.2, 0) is 11.8 Å². The Balaban J connectivity index is 1.72. The highest BCUT2D eigenvalue weighted by Gasteiger charge is 2.33. The van der Waals surface area contributed by atoms with Crippen molar-refractivity contribution in [2.24, 2.45) is 18.9 Å². The number of amides is 2. The number of para-hydroxylation sites is 1. The zero-order chi connectivity index (χ0) is 21.0. The maximum absolute atomic E-state index is 13.0. The first kappa shape index (κ1) is 20.9. The lowest BCUT2D eigenvalue weighted by Crippen LogP contribution is -2.50. The molecule has 1 aliphatic rings. The summed E-state index contributed by atoms with van der Waals surface area (Å²) in [5.41, 5.74) is 1.59. The maximum Gasteiger partial charge on any atom is 0.268 e. The van der Waals surface area contributed by atoms with Crippen molar-refractivity contribution in [1.29, 1.82) is 5.26 Å². The number of fused-ring (bicyclic) bond motifs is 1. The van der Waals surface area contributed by atoms with E-state index in [0.717, 1.165) is 36.6 Å². The van der Waals surface area contributed by atoms with Crippen LogP contribution in [0.15, 0.2) is 30.3 Å². The Bertz CT molecular complexity index is 925. The van der Waals surface area contributed by atoms with Crippen molar-refractivity contribution in [1.82, 2.24) is 15.2 Å². The van der Waals surface area contributed by atoms with Gasteiger partial charge in [0.1, 0.15) is 11.7 Å². The molecule has 2 amide bonds. The standard InChI is InChI=1S/C23H30N4O2/c1-15(2)12-17(14-24)25-22(28)18-9-5-6-10-19(18)26-23(29)21-13-16-8-4-7-11-20(16)27(21)3/h4,7-8,11,13,15,17-19H,5-6,9-10,12H2,1-3H3,(H,25,28)(H,26,29)/t17-,18+,19-/m0/s1. The van der Waals surface area contributed by atoms with Crippen molar-refractivity contribution >= 4 is 22.7 Å². The third-order valence-electron chi connectivity index (χ3n) is 5.78. The molecule has 0 bridgehead atoms. The molecule has 6 nitrogen and oxygen atoms in total. The minimum Gasteiger partial charge on any atom is -0.347 e. The summed E-state index contributed by atoms with van der Waals surface area (Å²) in [7, 11) is 1.88. The van der Waals surface area contributed by atoms with Gasteiger partial charge >= 0.3 is 0 Å². The Morgan fingerprint density at radius 2 is 1.97 bits per heavy atom. The molecule has 1 aromatic heterocycles. The van der Waals surface area contributed by atoms with Crippen LogP contribution in [-0.4, -0.2) is 28.5 Å². The average molecular weight is 395 g/mol. The molecular formula is C23H30N4O2. The van der Waals surface area contributed by atoms with Crippen LogP contribution in [0.25, 0.3) is 10.9 Å². The van der Waals surface area contributed by atoms with Crippen molar-refractivity contribution in [3.8, 4) is 6.07 Å². The fraction of sp³-hybridized carbons (Fsp3) is 0.522. The minimum absolute atomic E-state index is 0.126. The molecule has 1 heterocycles. The molecule has 154 valence electrons. The third kappa shape index (κ3) is 4.79. The highest BCUT2D eigenvalue weighted by Crippen LogP contribution is 2.26. The van der Waals surface area contributed by atoms with E-state index in [9.17, 15) is 14.9 Å². The number of carbonyl (C=O) groups excluding carboxylic acids is 2. The quantitative estimate of drug-likeness (QED) is 0.786. The van der Waals surface area contributed by atoms with Crippen LogP contribution < -0.4 is 10.6 Å². The number of nitrogens with one attached hydrogen (secondary N) is 2.